The van der Waals surface area contributed by atoms with E-state index in [1.165, 1.54) is 6.92 Å². The van der Waals surface area contributed by atoms with Crippen molar-refractivity contribution in [1.29, 1.82) is 0 Å². The van der Waals surface area contributed by atoms with Crippen molar-refractivity contribution in [3.8, 4) is 11.8 Å². The van der Waals surface area contributed by atoms with Gasteiger partial charge < -0.3 is 10.4 Å². The molecule has 5 heteroatoms. The van der Waals surface area contributed by atoms with Gasteiger partial charge in [-0.1, -0.05) is 42.2 Å². The molecule has 1 aliphatic rings. The molecule has 24 heavy (non-hydrogen) atoms. The topological polar surface area (TPSA) is 78.4 Å². The van der Waals surface area contributed by atoms with Crippen LogP contribution in [0.1, 0.15) is 29.7 Å². The minimum absolute atomic E-state index is 0.528. The van der Waals surface area contributed by atoms with Gasteiger partial charge in [0, 0.05) is 11.1 Å². The summed E-state index contributed by atoms with van der Waals surface area (Å²) in [6.07, 6.45) is -1.15. The predicted octanol–water partition coefficient (Wildman–Crippen LogP) is 1.72. The summed E-state index contributed by atoms with van der Waals surface area (Å²) in [5.74, 6) is 5.54. The molecule has 0 spiro atoms. The lowest BCUT2D eigenvalue weighted by Gasteiger charge is -2.27. The number of rotatable bonds is 2. The molecule has 0 bridgehead atoms. The maximum atomic E-state index is 11.9. The average Bonchev–Trinajstić information content (AvgIpc) is 2.87. The molecule has 0 radical (unpaired) electrons. The van der Waals surface area contributed by atoms with Gasteiger partial charge >= 0.3 is 6.03 Å². The number of amides is 3. The third-order valence-electron chi connectivity index (χ3n) is 3.97. The Hall–Kier alpha value is -3.10. The van der Waals surface area contributed by atoms with Crippen LogP contribution in [0.4, 0.5) is 4.79 Å². The maximum absolute atomic E-state index is 11.9. The molecule has 1 fully saturated rings. The number of aliphatic hydroxyl groups excluding tert-OH is 1. The quantitative estimate of drug-likeness (QED) is 0.582. The first-order chi connectivity index (χ1) is 11.5. The van der Waals surface area contributed by atoms with Gasteiger partial charge in [-0.05, 0) is 36.8 Å². The summed E-state index contributed by atoms with van der Waals surface area (Å²) in [7, 11) is 0. The third-order valence-corrected chi connectivity index (χ3v) is 3.97. The lowest BCUT2D eigenvalue weighted by molar-refractivity contribution is -0.127. The summed E-state index contributed by atoms with van der Waals surface area (Å²) >= 11 is 0. The van der Waals surface area contributed by atoms with Gasteiger partial charge in [-0.2, -0.15) is 0 Å². The van der Waals surface area contributed by atoms with E-state index in [2.05, 4.69) is 22.5 Å². The van der Waals surface area contributed by atoms with Gasteiger partial charge in [0.1, 0.15) is 11.6 Å². The molecule has 2 unspecified atom stereocenters. The monoisotopic (exact) mass is 320 g/mol. The van der Waals surface area contributed by atoms with Gasteiger partial charge in [-0.25, -0.2) is 4.79 Å². The summed E-state index contributed by atoms with van der Waals surface area (Å²) in [4.78, 5) is 23.2. The van der Waals surface area contributed by atoms with E-state index in [1.807, 2.05) is 30.3 Å². The van der Waals surface area contributed by atoms with Gasteiger partial charge in [-0.3, -0.25) is 10.1 Å². The predicted molar refractivity (Wildman–Crippen MR) is 88.9 cm³/mol. The second kappa shape index (κ2) is 6.19. The van der Waals surface area contributed by atoms with E-state index in [0.717, 1.165) is 11.1 Å². The van der Waals surface area contributed by atoms with E-state index in [4.69, 9.17) is 0 Å². The van der Waals surface area contributed by atoms with Crippen molar-refractivity contribution in [3.63, 3.8) is 0 Å². The molecule has 0 aliphatic carbocycles. The van der Waals surface area contributed by atoms with E-state index in [9.17, 15) is 14.7 Å². The van der Waals surface area contributed by atoms with Crippen molar-refractivity contribution in [3.05, 3.63) is 71.3 Å². The number of hydrogen-bond donors (Lipinski definition) is 3. The molecule has 0 saturated carbocycles. The first-order valence-corrected chi connectivity index (χ1v) is 7.48. The summed E-state index contributed by atoms with van der Waals surface area (Å²) in [6.45, 7) is 1.49. The van der Waals surface area contributed by atoms with E-state index in [1.54, 1.807) is 24.3 Å². The van der Waals surface area contributed by atoms with Gasteiger partial charge in [0.05, 0.1) is 0 Å². The normalized spacial score (nSPS) is 20.6. The molecule has 1 heterocycles. The number of carbonyl (C=O) groups is 2. The van der Waals surface area contributed by atoms with Crippen LogP contribution in [0.2, 0.25) is 0 Å². The fourth-order valence-electron chi connectivity index (χ4n) is 2.50. The molecular weight excluding hydrogens is 304 g/mol. The van der Waals surface area contributed by atoms with Gasteiger partial charge in [0.25, 0.3) is 5.91 Å². The van der Waals surface area contributed by atoms with Gasteiger partial charge in [0.2, 0.25) is 0 Å². The fourth-order valence-corrected chi connectivity index (χ4v) is 2.50. The van der Waals surface area contributed by atoms with Crippen LogP contribution >= 0.6 is 0 Å². The van der Waals surface area contributed by atoms with Crippen molar-refractivity contribution < 1.29 is 14.7 Å². The largest absolute Gasteiger partial charge is 0.385 e. The number of urea groups is 1. The molecule has 1 aliphatic heterocycles. The molecule has 2 aromatic rings. The Balaban J connectivity index is 1.79. The van der Waals surface area contributed by atoms with Crippen LogP contribution in [-0.2, 0) is 4.79 Å². The van der Waals surface area contributed by atoms with Crippen LogP contribution in [0.5, 0.6) is 0 Å². The Kier molecular flexibility index (Phi) is 4.07. The number of carbonyl (C=O) groups excluding carboxylic acids is 2. The summed E-state index contributed by atoms with van der Waals surface area (Å²) in [5.41, 5.74) is 0.855. The highest BCUT2D eigenvalue weighted by Crippen LogP contribution is 2.28. The highest BCUT2D eigenvalue weighted by molar-refractivity contribution is 6.07. The zero-order valence-electron chi connectivity index (χ0n) is 13.0. The second-order valence-corrected chi connectivity index (χ2v) is 5.75. The van der Waals surface area contributed by atoms with E-state index in [0.29, 0.717) is 5.56 Å². The Labute approximate surface area is 139 Å². The molecule has 5 nitrogen and oxygen atoms in total. The van der Waals surface area contributed by atoms with E-state index < -0.39 is 23.6 Å². The lowest BCUT2D eigenvalue weighted by Crippen LogP contribution is -2.49. The van der Waals surface area contributed by atoms with Crippen molar-refractivity contribution >= 4 is 11.9 Å². The standard InChI is InChI=1S/C19H16N2O3/c1-19(17(23)20-18(24)21-19)16(22)15-11-9-14(10-12-15)8-7-13-5-3-2-4-6-13/h2-6,9-12,16,22H,1H3,(H2,20,21,23,24). The van der Waals surface area contributed by atoms with E-state index >= 15 is 0 Å². The Morgan fingerprint density at radius 1 is 0.958 bits per heavy atom. The number of aliphatic hydroxyl groups is 1. The van der Waals surface area contributed by atoms with Crippen molar-refractivity contribution in [2.45, 2.75) is 18.6 Å². The molecule has 2 atom stereocenters. The molecule has 3 N–H and O–H groups in total. The zero-order valence-corrected chi connectivity index (χ0v) is 13.0. The highest BCUT2D eigenvalue weighted by Gasteiger charge is 2.48. The Morgan fingerprint density at radius 2 is 1.54 bits per heavy atom. The highest BCUT2D eigenvalue weighted by atomic mass is 16.3. The van der Waals surface area contributed by atoms with Crippen LogP contribution in [0, 0.1) is 11.8 Å². The molecule has 1 saturated heterocycles. The van der Waals surface area contributed by atoms with Crippen LogP contribution in [0.15, 0.2) is 54.6 Å². The molecule has 2 aromatic carbocycles. The van der Waals surface area contributed by atoms with Crippen LogP contribution in [-0.4, -0.2) is 22.6 Å². The molecule has 3 rings (SSSR count). The first-order valence-electron chi connectivity index (χ1n) is 7.48. The summed E-state index contributed by atoms with van der Waals surface area (Å²) in [6, 6.07) is 16.0. The minimum Gasteiger partial charge on any atom is -0.385 e. The SMILES string of the molecule is CC1(C(O)c2ccc(C#Cc3ccccc3)cc2)NC(=O)NC1=O. The lowest BCUT2D eigenvalue weighted by atomic mass is 9.89. The smallest absolute Gasteiger partial charge is 0.322 e. The number of imide groups is 1. The average molecular weight is 320 g/mol. The van der Waals surface area contributed by atoms with Crippen molar-refractivity contribution in [2.75, 3.05) is 0 Å². The number of hydrogen-bond acceptors (Lipinski definition) is 3. The maximum Gasteiger partial charge on any atom is 0.322 e. The fraction of sp³-hybridized carbons (Fsp3) is 0.158. The molecular formula is C19H16N2O3. The van der Waals surface area contributed by atoms with Crippen LogP contribution in [0.25, 0.3) is 0 Å². The van der Waals surface area contributed by atoms with E-state index in [-0.39, 0.29) is 0 Å². The molecule has 120 valence electrons. The number of benzene rings is 2. The first kappa shape index (κ1) is 15.8. The summed E-state index contributed by atoms with van der Waals surface area (Å²) < 4.78 is 0. The van der Waals surface area contributed by atoms with Crippen molar-refractivity contribution in [1.82, 2.24) is 10.6 Å². The second-order valence-electron chi connectivity index (χ2n) is 5.75. The van der Waals surface area contributed by atoms with Crippen LogP contribution in [0.3, 0.4) is 0 Å². The number of nitrogens with one attached hydrogen (secondary N) is 2. The third kappa shape index (κ3) is 3.00. The zero-order chi connectivity index (χ0) is 17.2. The molecule has 3 amide bonds. The van der Waals surface area contributed by atoms with Gasteiger partial charge in [-0.15, -0.1) is 0 Å². The van der Waals surface area contributed by atoms with Crippen molar-refractivity contribution in [2.24, 2.45) is 0 Å². The summed E-state index contributed by atoms with van der Waals surface area (Å²) in [5, 5.41) is 15.1. The van der Waals surface area contributed by atoms with Crippen LogP contribution < -0.4 is 10.6 Å². The molecule has 0 aromatic heterocycles. The Morgan fingerprint density at radius 3 is 2.08 bits per heavy atom. The van der Waals surface area contributed by atoms with Gasteiger partial charge in [0.15, 0.2) is 0 Å². The minimum atomic E-state index is -1.38. The Bertz CT molecular complexity index is 834.